The van der Waals surface area contributed by atoms with E-state index in [2.05, 4.69) is 5.16 Å². The highest BCUT2D eigenvalue weighted by Gasteiger charge is 2.52. The number of carboxylic acid groups (broad SMARTS) is 1. The summed E-state index contributed by atoms with van der Waals surface area (Å²) in [4.78, 5) is 26.2. The minimum atomic E-state index is -0.996. The lowest BCUT2D eigenvalue weighted by Gasteiger charge is -2.31. The van der Waals surface area contributed by atoms with Crippen molar-refractivity contribution in [2.45, 2.75) is 70.1 Å². The van der Waals surface area contributed by atoms with Crippen LogP contribution in [0.5, 0.6) is 0 Å². The van der Waals surface area contributed by atoms with Crippen LogP contribution in [-0.2, 0) is 16.1 Å². The number of carbonyl (C=O) groups is 2. The van der Waals surface area contributed by atoms with Gasteiger partial charge in [0.1, 0.15) is 17.3 Å². The number of fused-ring (bicyclic) bond motifs is 2. The average Bonchev–Trinajstić information content (AvgIpc) is 3.38. The van der Waals surface area contributed by atoms with Gasteiger partial charge in [-0.3, -0.25) is 4.79 Å². The SMILES string of the molecule is CC(C)c1cccc(F)c1-c1noc(C2CC2)c1CO[C@@H]1C[C@@H]2C[C@H]1C(=O)N2c1ccc(C(=O)O)cc1. The number of carboxylic acids is 1. The number of halogens is 1. The number of aromatic nitrogens is 1. The molecule has 0 spiro atoms. The highest BCUT2D eigenvalue weighted by atomic mass is 19.1. The third-order valence-corrected chi connectivity index (χ3v) is 7.90. The van der Waals surface area contributed by atoms with Crippen LogP contribution in [0.4, 0.5) is 10.1 Å². The Labute approximate surface area is 214 Å². The topological polar surface area (TPSA) is 92.9 Å². The number of carbonyl (C=O) groups excluding carboxylic acids is 1. The highest BCUT2D eigenvalue weighted by molar-refractivity contribution is 6.00. The van der Waals surface area contributed by atoms with Gasteiger partial charge < -0.3 is 19.3 Å². The second-order valence-corrected chi connectivity index (χ2v) is 10.6. The Kier molecular flexibility index (Phi) is 5.87. The smallest absolute Gasteiger partial charge is 0.335 e. The van der Waals surface area contributed by atoms with E-state index in [1.807, 2.05) is 19.9 Å². The summed E-state index contributed by atoms with van der Waals surface area (Å²) >= 11 is 0. The number of aromatic carboxylic acids is 1. The van der Waals surface area contributed by atoms with E-state index < -0.39 is 5.97 Å². The van der Waals surface area contributed by atoms with Crippen LogP contribution in [0.25, 0.3) is 11.3 Å². The van der Waals surface area contributed by atoms with E-state index in [0.29, 0.717) is 29.8 Å². The Hall–Kier alpha value is -3.52. The Bertz CT molecular complexity index is 1360. The molecule has 6 rings (SSSR count). The van der Waals surface area contributed by atoms with Crippen molar-refractivity contribution in [1.82, 2.24) is 5.16 Å². The van der Waals surface area contributed by atoms with Gasteiger partial charge in [-0.2, -0.15) is 0 Å². The summed E-state index contributed by atoms with van der Waals surface area (Å²) in [6.07, 6.45) is 3.16. The van der Waals surface area contributed by atoms with Gasteiger partial charge in [0.15, 0.2) is 0 Å². The van der Waals surface area contributed by atoms with Crippen LogP contribution in [0.3, 0.4) is 0 Å². The molecule has 3 atom stereocenters. The number of nitrogens with zero attached hydrogens (tertiary/aromatic N) is 2. The second-order valence-electron chi connectivity index (χ2n) is 10.6. The van der Waals surface area contributed by atoms with Crippen LogP contribution in [0, 0.1) is 11.7 Å². The van der Waals surface area contributed by atoms with Crippen molar-refractivity contribution in [3.63, 3.8) is 0 Å². The Morgan fingerprint density at radius 1 is 1.19 bits per heavy atom. The summed E-state index contributed by atoms with van der Waals surface area (Å²) in [5, 5.41) is 13.5. The predicted molar refractivity (Wildman–Crippen MR) is 134 cm³/mol. The van der Waals surface area contributed by atoms with Crippen molar-refractivity contribution in [3.05, 3.63) is 70.7 Å². The van der Waals surface area contributed by atoms with Gasteiger partial charge in [-0.15, -0.1) is 0 Å². The highest BCUT2D eigenvalue weighted by Crippen LogP contribution is 2.47. The van der Waals surface area contributed by atoms with Crippen LogP contribution in [0.15, 0.2) is 47.0 Å². The first-order chi connectivity index (χ1) is 17.8. The Balaban J connectivity index is 1.22. The van der Waals surface area contributed by atoms with Gasteiger partial charge in [0.05, 0.1) is 24.2 Å². The third kappa shape index (κ3) is 4.13. The molecule has 2 heterocycles. The zero-order valence-electron chi connectivity index (χ0n) is 20.8. The minimum Gasteiger partial charge on any atom is -0.478 e. The Morgan fingerprint density at radius 2 is 1.95 bits per heavy atom. The molecule has 1 N–H and O–H groups in total. The number of benzene rings is 2. The average molecular weight is 505 g/mol. The fraction of sp³-hybridized carbons (Fsp3) is 0.414. The van der Waals surface area contributed by atoms with Gasteiger partial charge in [-0.05, 0) is 67.5 Å². The van der Waals surface area contributed by atoms with Crippen LogP contribution in [0.2, 0.25) is 0 Å². The number of hydrogen-bond donors (Lipinski definition) is 1. The Morgan fingerprint density at radius 3 is 2.59 bits per heavy atom. The van der Waals surface area contributed by atoms with Crippen LogP contribution >= 0.6 is 0 Å². The zero-order valence-corrected chi connectivity index (χ0v) is 20.8. The van der Waals surface area contributed by atoms with Crippen LogP contribution < -0.4 is 4.90 Å². The molecule has 7 nitrogen and oxygen atoms in total. The first-order valence-electron chi connectivity index (χ1n) is 12.9. The summed E-state index contributed by atoms with van der Waals surface area (Å²) in [7, 11) is 0. The zero-order chi connectivity index (χ0) is 25.8. The summed E-state index contributed by atoms with van der Waals surface area (Å²) in [6.45, 7) is 4.27. The molecule has 3 aliphatic rings. The quantitative estimate of drug-likeness (QED) is 0.411. The monoisotopic (exact) mass is 504 g/mol. The van der Waals surface area contributed by atoms with E-state index >= 15 is 4.39 Å². The molecule has 0 radical (unpaired) electrons. The summed E-state index contributed by atoms with van der Waals surface area (Å²) < 4.78 is 27.2. The molecule has 1 saturated heterocycles. The molecule has 0 unspecified atom stereocenters. The van der Waals surface area contributed by atoms with Gasteiger partial charge in [0.25, 0.3) is 0 Å². The number of rotatable bonds is 8. The second kappa shape index (κ2) is 9.10. The number of amides is 1. The van der Waals surface area contributed by atoms with Crippen molar-refractivity contribution in [2.75, 3.05) is 4.90 Å². The molecule has 2 aromatic carbocycles. The largest absolute Gasteiger partial charge is 0.478 e. The lowest BCUT2D eigenvalue weighted by Crippen LogP contribution is -2.43. The third-order valence-electron chi connectivity index (χ3n) is 7.90. The molecule has 1 aromatic heterocycles. The first-order valence-corrected chi connectivity index (χ1v) is 12.9. The number of piperidine rings is 1. The molecular formula is C29H29FN2O5. The van der Waals surface area contributed by atoms with Crippen molar-refractivity contribution < 1.29 is 28.3 Å². The number of ether oxygens (including phenoxy) is 1. The molecule has 8 heteroatoms. The fourth-order valence-corrected chi connectivity index (χ4v) is 5.88. The van der Waals surface area contributed by atoms with Gasteiger partial charge in [-0.25, -0.2) is 9.18 Å². The maximum absolute atomic E-state index is 15.1. The van der Waals surface area contributed by atoms with Crippen molar-refractivity contribution >= 4 is 17.6 Å². The van der Waals surface area contributed by atoms with Gasteiger partial charge in [-0.1, -0.05) is 31.1 Å². The lowest BCUT2D eigenvalue weighted by atomic mass is 9.92. The molecule has 1 amide bonds. The maximum Gasteiger partial charge on any atom is 0.335 e. The van der Waals surface area contributed by atoms with Gasteiger partial charge in [0.2, 0.25) is 5.91 Å². The number of hydrogen-bond acceptors (Lipinski definition) is 5. The fourth-order valence-electron chi connectivity index (χ4n) is 5.88. The van der Waals surface area contributed by atoms with Crippen LogP contribution in [-0.4, -0.2) is 34.3 Å². The standard InChI is InChI=1S/C29H29FN2O5/c1-15(2)20-4-3-5-23(30)25(20)26-22(27(37-31-26)16-6-7-16)14-36-24-13-19-12-21(24)28(33)32(19)18-10-8-17(9-11-18)29(34)35/h3-5,8-11,15-16,19,21,24H,6-7,12-14H2,1-2H3,(H,34,35)/t19-,21+,24+/m0/s1. The van der Waals surface area contributed by atoms with Crippen molar-refractivity contribution in [1.29, 1.82) is 0 Å². The molecule has 2 saturated carbocycles. The molecule has 192 valence electrons. The normalized spacial score (nSPS) is 22.9. The molecule has 1 aliphatic heterocycles. The first kappa shape index (κ1) is 23.9. The van der Waals surface area contributed by atoms with E-state index in [4.69, 9.17) is 14.4 Å². The molecule has 37 heavy (non-hydrogen) atoms. The molecular weight excluding hydrogens is 475 g/mol. The van der Waals surface area contributed by atoms with Gasteiger partial charge in [0, 0.05) is 28.8 Å². The molecule has 2 bridgehead atoms. The lowest BCUT2D eigenvalue weighted by molar-refractivity contribution is -0.126. The molecule has 3 aromatic rings. The van der Waals surface area contributed by atoms with E-state index in [0.717, 1.165) is 29.7 Å². The maximum atomic E-state index is 15.1. The van der Waals surface area contributed by atoms with E-state index in [1.54, 1.807) is 23.1 Å². The summed E-state index contributed by atoms with van der Waals surface area (Å²) in [5.74, 6) is -0.446. The van der Waals surface area contributed by atoms with Gasteiger partial charge >= 0.3 is 5.97 Å². The van der Waals surface area contributed by atoms with Crippen molar-refractivity contribution in [2.24, 2.45) is 5.92 Å². The van der Waals surface area contributed by atoms with Crippen molar-refractivity contribution in [3.8, 4) is 11.3 Å². The van der Waals surface area contributed by atoms with E-state index in [9.17, 15) is 9.59 Å². The minimum absolute atomic E-state index is 0.00198. The molecule has 3 fully saturated rings. The summed E-state index contributed by atoms with van der Waals surface area (Å²) in [5.41, 5.74) is 3.51. The summed E-state index contributed by atoms with van der Waals surface area (Å²) in [6, 6.07) is 11.5. The predicted octanol–water partition coefficient (Wildman–Crippen LogP) is 5.89. The van der Waals surface area contributed by atoms with E-state index in [1.165, 1.54) is 18.2 Å². The number of anilines is 1. The van der Waals surface area contributed by atoms with E-state index in [-0.39, 0.29) is 53.8 Å². The van der Waals surface area contributed by atoms with Crippen LogP contribution in [0.1, 0.15) is 78.6 Å². The molecule has 2 aliphatic carbocycles.